The maximum Gasteiger partial charge on any atom is 0.338 e. The molecule has 0 unspecified atom stereocenters. The van der Waals surface area contributed by atoms with Crippen molar-refractivity contribution >= 4 is 68.6 Å². The Kier molecular flexibility index (Phi) is 9.92. The molecule has 0 amide bonds. The minimum absolute atomic E-state index is 0.190. The van der Waals surface area contributed by atoms with Gasteiger partial charge in [0, 0.05) is 15.2 Å². The van der Waals surface area contributed by atoms with Crippen LogP contribution in [-0.4, -0.2) is 31.4 Å². The number of methoxy groups -OCH3 is 2. The minimum atomic E-state index is -0.797. The van der Waals surface area contributed by atoms with E-state index in [4.69, 9.17) is 18.9 Å². The van der Waals surface area contributed by atoms with Crippen molar-refractivity contribution in [3.63, 3.8) is 0 Å². The number of ether oxygens (including phenoxy) is 4. The van der Waals surface area contributed by atoms with Crippen LogP contribution in [0.25, 0.3) is 6.08 Å². The van der Waals surface area contributed by atoms with Gasteiger partial charge in [0.2, 0.25) is 0 Å². The Balaban J connectivity index is 1.57. The maximum atomic E-state index is 14.0. The Morgan fingerprint density at radius 1 is 1.05 bits per heavy atom. The third-order valence-electron chi connectivity index (χ3n) is 6.79. The van der Waals surface area contributed by atoms with Crippen LogP contribution < -0.4 is 29.1 Å². The van der Waals surface area contributed by atoms with Gasteiger partial charge >= 0.3 is 5.97 Å². The monoisotopic (exact) mass is 822 g/mol. The highest BCUT2D eigenvalue weighted by Gasteiger charge is 2.35. The largest absolute Gasteiger partial charge is 0.497 e. The molecule has 11 heteroatoms. The molecule has 0 N–H and O–H groups in total. The fraction of sp³-hybridized carbons (Fsp3) is 0.219. The van der Waals surface area contributed by atoms with E-state index in [1.807, 2.05) is 42.5 Å². The van der Waals surface area contributed by atoms with Crippen molar-refractivity contribution in [2.24, 2.45) is 4.99 Å². The summed E-state index contributed by atoms with van der Waals surface area (Å²) < 4.78 is 26.8. The molecule has 0 radical (unpaired) electrons. The van der Waals surface area contributed by atoms with Gasteiger partial charge in [0.05, 0.1) is 40.2 Å². The zero-order chi connectivity index (χ0) is 30.7. The number of carbonyl (C=O) groups is 1. The minimum Gasteiger partial charge on any atom is -0.497 e. The van der Waals surface area contributed by atoms with E-state index in [0.717, 1.165) is 24.0 Å². The number of aromatic nitrogens is 1. The van der Waals surface area contributed by atoms with E-state index in [0.29, 0.717) is 38.7 Å². The summed E-state index contributed by atoms with van der Waals surface area (Å²) in [7, 11) is 3.11. The van der Waals surface area contributed by atoms with Gasteiger partial charge in [-0.1, -0.05) is 29.5 Å². The van der Waals surface area contributed by atoms with E-state index in [1.165, 1.54) is 11.3 Å². The number of hydrogen-bond acceptors (Lipinski definition) is 8. The predicted molar refractivity (Wildman–Crippen MR) is 183 cm³/mol. The predicted octanol–water partition coefficient (Wildman–Crippen LogP) is 5.60. The molecular formula is C32H28I2N2O6S. The van der Waals surface area contributed by atoms with Crippen LogP contribution in [0.5, 0.6) is 17.2 Å². The average Bonchev–Trinajstić information content (AvgIpc) is 3.29. The molecule has 0 spiro atoms. The van der Waals surface area contributed by atoms with Crippen LogP contribution in [0, 0.1) is 7.14 Å². The molecule has 2 heterocycles. The smallest absolute Gasteiger partial charge is 0.338 e. The van der Waals surface area contributed by atoms with Gasteiger partial charge in [0.1, 0.15) is 29.9 Å². The molecule has 1 aliphatic heterocycles. The second kappa shape index (κ2) is 13.6. The lowest BCUT2D eigenvalue weighted by atomic mass is 9.95. The van der Waals surface area contributed by atoms with E-state index in [1.54, 1.807) is 50.8 Å². The summed E-state index contributed by atoms with van der Waals surface area (Å²) in [5.41, 5.74) is 2.95. The zero-order valence-electron chi connectivity index (χ0n) is 23.9. The Morgan fingerprint density at radius 3 is 2.58 bits per heavy atom. The number of hydrogen-bond donors (Lipinski definition) is 0. The first kappa shape index (κ1) is 31.3. The van der Waals surface area contributed by atoms with E-state index in [2.05, 4.69) is 56.2 Å². The van der Waals surface area contributed by atoms with Crippen molar-refractivity contribution in [2.45, 2.75) is 26.5 Å². The Hall–Kier alpha value is -3.17. The molecule has 0 fully saturated rings. The Morgan fingerprint density at radius 2 is 1.86 bits per heavy atom. The number of rotatable bonds is 9. The standard InChI is InChI=1S/C32H28I2N2O6S/c1-5-41-31(38)28-18(2)35-32-36(29(28)23-11-10-22(39-3)16-26(23)40-4)30(37)27(43-32)14-19-7-6-8-20(13-19)17-42-25-12-9-21(33)15-24(25)34/h6-16,29H,5,17H2,1-4H3/b27-14-/t29-/m0/s1. The van der Waals surface area contributed by atoms with Gasteiger partial charge in [-0.2, -0.15) is 0 Å². The average molecular weight is 822 g/mol. The van der Waals surface area contributed by atoms with Crippen LogP contribution in [0.2, 0.25) is 0 Å². The number of allylic oxidation sites excluding steroid dienone is 1. The van der Waals surface area contributed by atoms with Crippen molar-refractivity contribution in [3.05, 3.63) is 115 Å². The van der Waals surface area contributed by atoms with E-state index in [-0.39, 0.29) is 17.7 Å². The maximum absolute atomic E-state index is 14.0. The fourth-order valence-corrected chi connectivity index (χ4v) is 7.61. The van der Waals surface area contributed by atoms with Gasteiger partial charge in [0.25, 0.3) is 5.56 Å². The Bertz CT molecular complexity index is 1910. The van der Waals surface area contributed by atoms with E-state index in [9.17, 15) is 9.59 Å². The highest BCUT2D eigenvalue weighted by molar-refractivity contribution is 14.1. The topological polar surface area (TPSA) is 88.4 Å². The van der Waals surface area contributed by atoms with Crippen LogP contribution in [0.4, 0.5) is 0 Å². The molecule has 1 aromatic heterocycles. The van der Waals surface area contributed by atoms with Crippen LogP contribution >= 0.6 is 56.5 Å². The Labute approximate surface area is 279 Å². The lowest BCUT2D eigenvalue weighted by molar-refractivity contribution is -0.139. The SMILES string of the molecule is CCOC(=O)C1=C(C)N=c2s/c(=C\c3cccc(COc4ccc(I)cc4I)c3)c(=O)n2[C@H]1c1ccc(OC)cc1OC. The summed E-state index contributed by atoms with van der Waals surface area (Å²) in [6.07, 6.45) is 1.84. The molecule has 4 aromatic rings. The summed E-state index contributed by atoms with van der Waals surface area (Å²) in [5.74, 6) is 1.36. The number of fused-ring (bicyclic) bond motifs is 1. The van der Waals surface area contributed by atoms with E-state index < -0.39 is 12.0 Å². The van der Waals surface area contributed by atoms with Gasteiger partial charge in [-0.25, -0.2) is 9.79 Å². The van der Waals surface area contributed by atoms with Crippen molar-refractivity contribution in [2.75, 3.05) is 20.8 Å². The van der Waals surface area contributed by atoms with Crippen molar-refractivity contribution in [1.82, 2.24) is 4.57 Å². The van der Waals surface area contributed by atoms with Gasteiger partial charge in [-0.3, -0.25) is 9.36 Å². The molecule has 1 aliphatic rings. The fourth-order valence-electron chi connectivity index (χ4n) is 4.81. The number of carbonyl (C=O) groups excluding carboxylic acids is 1. The van der Waals surface area contributed by atoms with Crippen LogP contribution in [0.3, 0.4) is 0 Å². The molecular weight excluding hydrogens is 794 g/mol. The summed E-state index contributed by atoms with van der Waals surface area (Å²) in [6.45, 7) is 4.07. The molecule has 8 nitrogen and oxygen atoms in total. The number of esters is 1. The van der Waals surface area contributed by atoms with Crippen molar-refractivity contribution in [3.8, 4) is 17.2 Å². The van der Waals surface area contributed by atoms with Crippen molar-refractivity contribution in [1.29, 1.82) is 0 Å². The first-order valence-electron chi connectivity index (χ1n) is 13.3. The molecule has 0 aliphatic carbocycles. The number of thiazole rings is 1. The van der Waals surface area contributed by atoms with Crippen LogP contribution in [-0.2, 0) is 16.1 Å². The van der Waals surface area contributed by atoms with Crippen LogP contribution in [0.15, 0.2) is 81.7 Å². The quantitative estimate of drug-likeness (QED) is 0.162. The first-order chi connectivity index (χ1) is 20.7. The summed E-state index contributed by atoms with van der Waals surface area (Å²) in [4.78, 5) is 32.4. The second-order valence-corrected chi connectivity index (χ2v) is 12.9. The summed E-state index contributed by atoms with van der Waals surface area (Å²) in [6, 6.07) is 18.4. The van der Waals surface area contributed by atoms with Crippen LogP contribution in [0.1, 0.15) is 36.6 Å². The van der Waals surface area contributed by atoms with Gasteiger partial charge in [-0.15, -0.1) is 0 Å². The number of benzene rings is 3. The lowest BCUT2D eigenvalue weighted by Gasteiger charge is -2.26. The second-order valence-electron chi connectivity index (χ2n) is 9.52. The first-order valence-corrected chi connectivity index (χ1v) is 16.3. The molecule has 43 heavy (non-hydrogen) atoms. The molecule has 222 valence electrons. The number of nitrogens with zero attached hydrogens (tertiary/aromatic N) is 2. The number of halogens is 2. The van der Waals surface area contributed by atoms with E-state index >= 15 is 0 Å². The lowest BCUT2D eigenvalue weighted by Crippen LogP contribution is -2.40. The molecule has 5 rings (SSSR count). The third-order valence-corrected chi connectivity index (χ3v) is 9.29. The molecule has 0 saturated heterocycles. The highest BCUT2D eigenvalue weighted by Crippen LogP contribution is 2.37. The third kappa shape index (κ3) is 6.68. The summed E-state index contributed by atoms with van der Waals surface area (Å²) in [5, 5.41) is 0. The highest BCUT2D eigenvalue weighted by atomic mass is 127. The van der Waals surface area contributed by atoms with Gasteiger partial charge < -0.3 is 18.9 Å². The zero-order valence-corrected chi connectivity index (χ0v) is 29.0. The molecule has 1 atom stereocenters. The molecule has 0 saturated carbocycles. The summed E-state index contributed by atoms with van der Waals surface area (Å²) >= 11 is 5.82. The normalized spacial score (nSPS) is 14.7. The van der Waals surface area contributed by atoms with Gasteiger partial charge in [0.15, 0.2) is 4.80 Å². The van der Waals surface area contributed by atoms with Crippen molar-refractivity contribution < 1.29 is 23.7 Å². The van der Waals surface area contributed by atoms with Gasteiger partial charge in [-0.05, 0) is 113 Å². The molecule has 3 aromatic carbocycles. The molecule has 0 bridgehead atoms.